The highest BCUT2D eigenvalue weighted by atomic mass is 35.5. The summed E-state index contributed by atoms with van der Waals surface area (Å²) in [5.74, 6) is -0.795. The molecule has 2 aromatic rings. The van der Waals surface area contributed by atoms with Crippen LogP contribution >= 0.6 is 11.6 Å². The maximum absolute atomic E-state index is 11.5. The second-order valence-corrected chi connectivity index (χ2v) is 5.35. The maximum atomic E-state index is 11.5. The molecule has 1 atom stereocenters. The number of nitrogens with one attached hydrogen (secondary N) is 1. The number of carboxylic acids is 1. The summed E-state index contributed by atoms with van der Waals surface area (Å²) in [6.45, 7) is 0.364. The van der Waals surface area contributed by atoms with Crippen LogP contribution in [0.3, 0.4) is 0 Å². The molecule has 1 unspecified atom stereocenters. The normalized spacial score (nSPS) is 12.7. The van der Waals surface area contributed by atoms with Gasteiger partial charge in [0.05, 0.1) is 17.6 Å². The highest BCUT2D eigenvalue weighted by Crippen LogP contribution is 2.19. The Morgan fingerprint density at radius 2 is 1.78 bits per heavy atom. The van der Waals surface area contributed by atoms with Gasteiger partial charge in [0, 0.05) is 12.2 Å². The molecule has 120 valence electrons. The number of benzene rings is 2. The average Bonchev–Trinajstić information content (AvgIpc) is 2.59. The van der Waals surface area contributed by atoms with Gasteiger partial charge in [0.2, 0.25) is 0 Å². The molecular weight excluding hydrogens is 314 g/mol. The van der Waals surface area contributed by atoms with Crippen molar-refractivity contribution in [2.45, 2.75) is 6.10 Å². The van der Waals surface area contributed by atoms with E-state index >= 15 is 0 Å². The van der Waals surface area contributed by atoms with Gasteiger partial charge >= 0.3 is 5.97 Å². The fourth-order valence-electron chi connectivity index (χ4n) is 2.04. The Morgan fingerprint density at radius 3 is 2.35 bits per heavy atom. The van der Waals surface area contributed by atoms with Crippen LogP contribution in [0.25, 0.3) is 11.6 Å². The molecule has 0 aliphatic heterocycles. The Labute approximate surface area is 140 Å². The minimum absolute atomic E-state index is 0.173. The predicted molar refractivity (Wildman–Crippen MR) is 93.6 cm³/mol. The summed E-state index contributed by atoms with van der Waals surface area (Å²) >= 11 is 5.54. The van der Waals surface area contributed by atoms with Crippen molar-refractivity contribution in [2.75, 3.05) is 17.7 Å². The third-order valence-corrected chi connectivity index (χ3v) is 3.61. The van der Waals surface area contributed by atoms with Gasteiger partial charge in [0.1, 0.15) is 0 Å². The molecule has 2 rings (SSSR count). The first-order chi connectivity index (χ1) is 11.1. The number of rotatable bonds is 7. The summed E-state index contributed by atoms with van der Waals surface area (Å²) in [6.07, 6.45) is 1.03. The molecular formula is C18H18ClNO3. The Kier molecular flexibility index (Phi) is 6.20. The molecule has 0 amide bonds. The molecule has 0 aliphatic carbocycles. The lowest BCUT2D eigenvalue weighted by Crippen LogP contribution is -2.20. The number of carbonyl (C=O) groups is 1. The van der Waals surface area contributed by atoms with E-state index in [2.05, 4.69) is 5.32 Å². The van der Waals surface area contributed by atoms with Gasteiger partial charge in [0.15, 0.2) is 0 Å². The number of hydrogen-bond acceptors (Lipinski definition) is 3. The first kappa shape index (κ1) is 17.1. The van der Waals surface area contributed by atoms with E-state index in [1.54, 1.807) is 30.3 Å². The predicted octanol–water partition coefficient (Wildman–Crippen LogP) is 3.32. The van der Waals surface area contributed by atoms with Gasteiger partial charge in [-0.3, -0.25) is 0 Å². The SMILES string of the molecule is O=C(O)C(=Cc1ccc(NCC(O)CCl)cc1)c1ccccc1. The molecule has 0 heterocycles. The van der Waals surface area contributed by atoms with Crippen LogP contribution in [-0.4, -0.2) is 34.7 Å². The van der Waals surface area contributed by atoms with Gasteiger partial charge in [0.25, 0.3) is 0 Å². The molecule has 0 saturated heterocycles. The van der Waals surface area contributed by atoms with E-state index < -0.39 is 12.1 Å². The third kappa shape index (κ3) is 5.13. The number of alkyl halides is 1. The number of aliphatic carboxylic acids is 1. The van der Waals surface area contributed by atoms with Crippen LogP contribution in [0.15, 0.2) is 54.6 Å². The van der Waals surface area contributed by atoms with Crippen LogP contribution in [-0.2, 0) is 4.79 Å². The maximum Gasteiger partial charge on any atom is 0.336 e. The van der Waals surface area contributed by atoms with Gasteiger partial charge in [-0.25, -0.2) is 4.79 Å². The number of aliphatic hydroxyl groups excluding tert-OH is 1. The van der Waals surface area contributed by atoms with E-state index in [4.69, 9.17) is 11.6 Å². The van der Waals surface area contributed by atoms with Crippen molar-refractivity contribution in [3.05, 3.63) is 65.7 Å². The molecule has 0 bridgehead atoms. The molecule has 0 spiro atoms. The molecule has 0 aliphatic rings. The van der Waals surface area contributed by atoms with E-state index in [1.165, 1.54) is 0 Å². The molecule has 0 fully saturated rings. The van der Waals surface area contributed by atoms with Crippen LogP contribution in [0.2, 0.25) is 0 Å². The van der Waals surface area contributed by atoms with Crippen LogP contribution < -0.4 is 5.32 Å². The second kappa shape index (κ2) is 8.36. The molecule has 3 N–H and O–H groups in total. The van der Waals surface area contributed by atoms with E-state index in [0.717, 1.165) is 11.3 Å². The zero-order chi connectivity index (χ0) is 16.7. The van der Waals surface area contributed by atoms with E-state index in [9.17, 15) is 15.0 Å². The van der Waals surface area contributed by atoms with Crippen molar-refractivity contribution < 1.29 is 15.0 Å². The second-order valence-electron chi connectivity index (χ2n) is 5.04. The fourth-order valence-corrected chi connectivity index (χ4v) is 2.15. The number of carboxylic acid groups (broad SMARTS) is 1. The zero-order valence-electron chi connectivity index (χ0n) is 12.4. The Bertz CT molecular complexity index is 668. The highest BCUT2D eigenvalue weighted by Gasteiger charge is 2.09. The monoisotopic (exact) mass is 331 g/mol. The Morgan fingerprint density at radius 1 is 1.13 bits per heavy atom. The molecule has 0 saturated carbocycles. The molecule has 4 nitrogen and oxygen atoms in total. The minimum atomic E-state index is -0.969. The Balaban J connectivity index is 2.15. The minimum Gasteiger partial charge on any atom is -0.478 e. The first-order valence-electron chi connectivity index (χ1n) is 7.18. The van der Waals surface area contributed by atoms with Crippen molar-refractivity contribution in [1.82, 2.24) is 0 Å². The lowest BCUT2D eigenvalue weighted by molar-refractivity contribution is -0.130. The van der Waals surface area contributed by atoms with Crippen molar-refractivity contribution in [3.8, 4) is 0 Å². The summed E-state index contributed by atoms with van der Waals surface area (Å²) < 4.78 is 0. The summed E-state index contributed by atoms with van der Waals surface area (Å²) in [5, 5.41) is 21.9. The summed E-state index contributed by atoms with van der Waals surface area (Å²) in [6, 6.07) is 16.3. The van der Waals surface area contributed by atoms with E-state index in [-0.39, 0.29) is 11.5 Å². The summed E-state index contributed by atoms with van der Waals surface area (Å²) in [5.41, 5.74) is 2.52. The third-order valence-electron chi connectivity index (χ3n) is 3.26. The summed E-state index contributed by atoms with van der Waals surface area (Å²) in [4.78, 5) is 11.5. The van der Waals surface area contributed by atoms with Crippen LogP contribution in [0.1, 0.15) is 11.1 Å². The van der Waals surface area contributed by atoms with E-state index in [1.807, 2.05) is 30.3 Å². The first-order valence-corrected chi connectivity index (χ1v) is 7.72. The average molecular weight is 332 g/mol. The lowest BCUT2D eigenvalue weighted by Gasteiger charge is -2.10. The van der Waals surface area contributed by atoms with E-state index in [0.29, 0.717) is 12.1 Å². The largest absolute Gasteiger partial charge is 0.478 e. The topological polar surface area (TPSA) is 69.6 Å². The Hall–Kier alpha value is -2.30. The molecule has 2 aromatic carbocycles. The van der Waals surface area contributed by atoms with Gasteiger partial charge in [-0.2, -0.15) is 0 Å². The van der Waals surface area contributed by atoms with Crippen molar-refractivity contribution in [3.63, 3.8) is 0 Å². The summed E-state index contributed by atoms with van der Waals surface area (Å²) in [7, 11) is 0. The van der Waals surface area contributed by atoms with Crippen LogP contribution in [0, 0.1) is 0 Å². The number of aliphatic hydroxyl groups is 1. The lowest BCUT2D eigenvalue weighted by atomic mass is 10.0. The van der Waals surface area contributed by atoms with Crippen LogP contribution in [0.4, 0.5) is 5.69 Å². The zero-order valence-corrected chi connectivity index (χ0v) is 13.2. The number of anilines is 1. The van der Waals surface area contributed by atoms with Crippen molar-refractivity contribution >= 4 is 34.9 Å². The number of hydrogen-bond donors (Lipinski definition) is 3. The van der Waals surface area contributed by atoms with Gasteiger partial charge < -0.3 is 15.5 Å². The smallest absolute Gasteiger partial charge is 0.336 e. The number of halogens is 1. The molecule has 0 radical (unpaired) electrons. The fraction of sp³-hybridized carbons (Fsp3) is 0.167. The van der Waals surface area contributed by atoms with Gasteiger partial charge in [-0.05, 0) is 29.3 Å². The van der Waals surface area contributed by atoms with Gasteiger partial charge in [-0.1, -0.05) is 42.5 Å². The van der Waals surface area contributed by atoms with Gasteiger partial charge in [-0.15, -0.1) is 11.6 Å². The van der Waals surface area contributed by atoms with Crippen molar-refractivity contribution in [2.24, 2.45) is 0 Å². The molecule has 0 aromatic heterocycles. The molecule has 23 heavy (non-hydrogen) atoms. The molecule has 5 heteroatoms. The quantitative estimate of drug-likeness (QED) is 0.413. The highest BCUT2D eigenvalue weighted by molar-refractivity contribution is 6.20. The standard InChI is InChI=1S/C18H18ClNO3/c19-11-16(21)12-20-15-8-6-13(7-9-15)10-17(18(22)23)14-4-2-1-3-5-14/h1-10,16,20-21H,11-12H2,(H,22,23). The van der Waals surface area contributed by atoms with Crippen LogP contribution in [0.5, 0.6) is 0 Å². The van der Waals surface area contributed by atoms with Crippen molar-refractivity contribution in [1.29, 1.82) is 0 Å².